The molecule has 1 aliphatic rings. The van der Waals surface area contributed by atoms with Crippen LogP contribution in [0, 0.1) is 5.92 Å². The molecule has 20 heavy (non-hydrogen) atoms. The number of hydrogen-bond acceptors (Lipinski definition) is 3. The molecule has 0 aromatic rings. The number of carbonyl (C=O) groups is 2. The van der Waals surface area contributed by atoms with Gasteiger partial charge in [-0.15, -0.1) is 12.4 Å². The summed E-state index contributed by atoms with van der Waals surface area (Å²) in [5.74, 6) is 0.706. The predicted molar refractivity (Wildman–Crippen MR) is 83.0 cm³/mol. The minimum absolute atomic E-state index is 0. The van der Waals surface area contributed by atoms with Crippen molar-refractivity contribution in [3.63, 3.8) is 0 Å². The molecule has 1 fully saturated rings. The molecule has 118 valence electrons. The van der Waals surface area contributed by atoms with Crippen molar-refractivity contribution in [1.82, 2.24) is 16.0 Å². The molecule has 2 unspecified atom stereocenters. The van der Waals surface area contributed by atoms with Crippen LogP contribution in [0.15, 0.2) is 0 Å². The zero-order valence-electron chi connectivity index (χ0n) is 12.5. The Morgan fingerprint density at radius 2 is 2.05 bits per heavy atom. The predicted octanol–water partition coefficient (Wildman–Crippen LogP) is 1.22. The molecule has 0 aromatic heterocycles. The highest BCUT2D eigenvalue weighted by Crippen LogP contribution is 2.13. The SMILES string of the molecule is CCC(C)NC(=O)CCNC(=O)CCC1CCNC1.Cl. The third kappa shape index (κ3) is 8.38. The first-order valence-corrected chi connectivity index (χ1v) is 7.38. The first kappa shape index (κ1) is 19.2. The van der Waals surface area contributed by atoms with Gasteiger partial charge in [-0.2, -0.15) is 0 Å². The molecular formula is C14H28ClN3O2. The van der Waals surface area contributed by atoms with Crippen LogP contribution in [0.2, 0.25) is 0 Å². The standard InChI is InChI=1S/C14H27N3O2.ClH/c1-3-11(2)17-14(19)7-9-16-13(18)5-4-12-6-8-15-10-12;/h11-12,15H,3-10H2,1-2H3,(H,16,18)(H,17,19);1H. The highest BCUT2D eigenvalue weighted by molar-refractivity contribution is 5.85. The van der Waals surface area contributed by atoms with Crippen molar-refractivity contribution in [2.45, 2.75) is 52.0 Å². The third-order valence-electron chi connectivity index (χ3n) is 3.64. The van der Waals surface area contributed by atoms with E-state index in [4.69, 9.17) is 0 Å². The maximum atomic E-state index is 11.6. The Bertz CT molecular complexity index is 294. The molecule has 0 spiro atoms. The molecule has 0 bridgehead atoms. The van der Waals surface area contributed by atoms with E-state index in [1.165, 1.54) is 6.42 Å². The van der Waals surface area contributed by atoms with Crippen LogP contribution in [-0.4, -0.2) is 37.5 Å². The lowest BCUT2D eigenvalue weighted by molar-refractivity contribution is -0.122. The quantitative estimate of drug-likeness (QED) is 0.631. The smallest absolute Gasteiger partial charge is 0.221 e. The van der Waals surface area contributed by atoms with Gasteiger partial charge in [0, 0.05) is 25.4 Å². The zero-order valence-corrected chi connectivity index (χ0v) is 13.4. The second kappa shape index (κ2) is 10.9. The highest BCUT2D eigenvalue weighted by atomic mass is 35.5. The average molecular weight is 306 g/mol. The van der Waals surface area contributed by atoms with Crippen molar-refractivity contribution in [2.24, 2.45) is 5.92 Å². The first-order valence-electron chi connectivity index (χ1n) is 7.38. The molecule has 0 saturated carbocycles. The van der Waals surface area contributed by atoms with Crippen LogP contribution in [0.4, 0.5) is 0 Å². The molecule has 6 heteroatoms. The van der Waals surface area contributed by atoms with Gasteiger partial charge in [0.15, 0.2) is 0 Å². The number of rotatable bonds is 8. The van der Waals surface area contributed by atoms with Crippen LogP contribution in [0.3, 0.4) is 0 Å². The molecule has 1 heterocycles. The number of amides is 2. The topological polar surface area (TPSA) is 70.2 Å². The van der Waals surface area contributed by atoms with Crippen molar-refractivity contribution in [3.05, 3.63) is 0 Å². The normalized spacial score (nSPS) is 19.0. The summed E-state index contributed by atoms with van der Waals surface area (Å²) in [6.07, 6.45) is 3.97. The fourth-order valence-electron chi connectivity index (χ4n) is 2.15. The number of nitrogens with one attached hydrogen (secondary N) is 3. The molecular weight excluding hydrogens is 278 g/mol. The van der Waals surface area contributed by atoms with Crippen molar-refractivity contribution < 1.29 is 9.59 Å². The van der Waals surface area contributed by atoms with Crippen LogP contribution in [0.1, 0.15) is 46.0 Å². The van der Waals surface area contributed by atoms with Gasteiger partial charge in [0.05, 0.1) is 0 Å². The van der Waals surface area contributed by atoms with Gasteiger partial charge in [0.1, 0.15) is 0 Å². The maximum absolute atomic E-state index is 11.6. The maximum Gasteiger partial charge on any atom is 0.221 e. The van der Waals surface area contributed by atoms with Crippen LogP contribution >= 0.6 is 12.4 Å². The van der Waals surface area contributed by atoms with E-state index in [0.717, 1.165) is 25.9 Å². The molecule has 5 nitrogen and oxygen atoms in total. The Kier molecular flexibility index (Phi) is 10.5. The summed E-state index contributed by atoms with van der Waals surface area (Å²) in [4.78, 5) is 23.1. The summed E-state index contributed by atoms with van der Waals surface area (Å²) < 4.78 is 0. The van der Waals surface area contributed by atoms with E-state index in [-0.39, 0.29) is 30.3 Å². The lowest BCUT2D eigenvalue weighted by Gasteiger charge is -2.12. The number of hydrogen-bond donors (Lipinski definition) is 3. The zero-order chi connectivity index (χ0) is 14.1. The molecule has 2 amide bonds. The van der Waals surface area contributed by atoms with E-state index in [0.29, 0.717) is 25.3 Å². The fourth-order valence-corrected chi connectivity index (χ4v) is 2.15. The minimum atomic E-state index is 0. The molecule has 3 N–H and O–H groups in total. The van der Waals surface area contributed by atoms with Crippen molar-refractivity contribution in [3.8, 4) is 0 Å². The third-order valence-corrected chi connectivity index (χ3v) is 3.64. The lowest BCUT2D eigenvalue weighted by atomic mass is 10.0. The van der Waals surface area contributed by atoms with Gasteiger partial charge in [-0.3, -0.25) is 9.59 Å². The van der Waals surface area contributed by atoms with Crippen LogP contribution in [-0.2, 0) is 9.59 Å². The highest BCUT2D eigenvalue weighted by Gasteiger charge is 2.15. The van der Waals surface area contributed by atoms with Crippen molar-refractivity contribution in [2.75, 3.05) is 19.6 Å². The average Bonchev–Trinajstić information content (AvgIpc) is 2.89. The van der Waals surface area contributed by atoms with E-state index in [9.17, 15) is 9.59 Å². The summed E-state index contributed by atoms with van der Waals surface area (Å²) in [6.45, 7) is 6.55. The van der Waals surface area contributed by atoms with Crippen molar-refractivity contribution >= 4 is 24.2 Å². The molecule has 1 aliphatic heterocycles. The molecule has 2 atom stereocenters. The summed E-state index contributed by atoms with van der Waals surface area (Å²) in [5, 5.41) is 8.98. The molecule has 1 saturated heterocycles. The summed E-state index contributed by atoms with van der Waals surface area (Å²) >= 11 is 0. The number of carbonyl (C=O) groups excluding carboxylic acids is 2. The van der Waals surface area contributed by atoms with E-state index < -0.39 is 0 Å². The fraction of sp³-hybridized carbons (Fsp3) is 0.857. The van der Waals surface area contributed by atoms with Crippen LogP contribution < -0.4 is 16.0 Å². The summed E-state index contributed by atoms with van der Waals surface area (Å²) in [5.41, 5.74) is 0. The molecule has 1 rings (SSSR count). The Hall–Kier alpha value is -0.810. The molecule has 0 aromatic carbocycles. The van der Waals surface area contributed by atoms with E-state index in [1.54, 1.807) is 0 Å². The van der Waals surface area contributed by atoms with Gasteiger partial charge in [-0.05, 0) is 45.2 Å². The van der Waals surface area contributed by atoms with E-state index in [1.807, 2.05) is 13.8 Å². The van der Waals surface area contributed by atoms with Gasteiger partial charge in [-0.1, -0.05) is 6.92 Å². The van der Waals surface area contributed by atoms with Gasteiger partial charge >= 0.3 is 0 Å². The second-order valence-electron chi connectivity index (χ2n) is 5.37. The van der Waals surface area contributed by atoms with Gasteiger partial charge < -0.3 is 16.0 Å². The Balaban J connectivity index is 0.00000361. The van der Waals surface area contributed by atoms with Gasteiger partial charge in [-0.25, -0.2) is 0 Å². The van der Waals surface area contributed by atoms with Crippen LogP contribution in [0.25, 0.3) is 0 Å². The Morgan fingerprint density at radius 3 is 2.65 bits per heavy atom. The second-order valence-corrected chi connectivity index (χ2v) is 5.37. The largest absolute Gasteiger partial charge is 0.356 e. The lowest BCUT2D eigenvalue weighted by Crippen LogP contribution is -2.35. The first-order chi connectivity index (χ1) is 9.11. The molecule has 0 aliphatic carbocycles. The van der Waals surface area contributed by atoms with Gasteiger partial charge in [0.2, 0.25) is 11.8 Å². The number of halogens is 1. The van der Waals surface area contributed by atoms with E-state index >= 15 is 0 Å². The van der Waals surface area contributed by atoms with Crippen molar-refractivity contribution in [1.29, 1.82) is 0 Å². The minimum Gasteiger partial charge on any atom is -0.356 e. The summed E-state index contributed by atoms with van der Waals surface area (Å²) in [7, 11) is 0. The Labute approximate surface area is 128 Å². The van der Waals surface area contributed by atoms with Gasteiger partial charge in [0.25, 0.3) is 0 Å². The monoisotopic (exact) mass is 305 g/mol. The Morgan fingerprint density at radius 1 is 1.30 bits per heavy atom. The molecule has 0 radical (unpaired) electrons. The summed E-state index contributed by atoms with van der Waals surface area (Å²) in [6, 6.07) is 0.207. The van der Waals surface area contributed by atoms with E-state index in [2.05, 4.69) is 16.0 Å². The van der Waals surface area contributed by atoms with Crippen LogP contribution in [0.5, 0.6) is 0 Å².